The summed E-state index contributed by atoms with van der Waals surface area (Å²) in [6, 6.07) is 8.87. The van der Waals surface area contributed by atoms with Crippen LogP contribution in [0.15, 0.2) is 47.6 Å². The number of nitrogens with one attached hydrogen (secondary N) is 1. The summed E-state index contributed by atoms with van der Waals surface area (Å²) in [5.74, 6) is 0.830. The van der Waals surface area contributed by atoms with E-state index in [-0.39, 0.29) is 0 Å². The van der Waals surface area contributed by atoms with Gasteiger partial charge in [-0.15, -0.1) is 12.6 Å². The summed E-state index contributed by atoms with van der Waals surface area (Å²) in [6.07, 6.45) is 6.93. The highest BCUT2D eigenvalue weighted by atomic mass is 32.1. The lowest BCUT2D eigenvalue weighted by Gasteiger charge is -2.29. The van der Waals surface area contributed by atoms with E-state index in [4.69, 9.17) is 27.3 Å². The molecule has 0 spiro atoms. The van der Waals surface area contributed by atoms with Gasteiger partial charge in [0.15, 0.2) is 5.82 Å². The number of rotatable bonds is 4. The Labute approximate surface area is 183 Å². The molecule has 156 valence electrons. The van der Waals surface area contributed by atoms with E-state index < -0.39 is 5.95 Å². The largest absolute Gasteiger partial charge is 0.378 e. The first-order valence-electron chi connectivity index (χ1n) is 9.85. The van der Waals surface area contributed by atoms with Gasteiger partial charge in [0.05, 0.1) is 35.5 Å². The van der Waals surface area contributed by atoms with Crippen LogP contribution in [0.2, 0.25) is 0 Å². The van der Waals surface area contributed by atoms with Gasteiger partial charge in [0.1, 0.15) is 5.82 Å². The summed E-state index contributed by atoms with van der Waals surface area (Å²) < 4.78 is 18.6. The number of H-pyrrole nitrogens is 1. The zero-order chi connectivity index (χ0) is 21.2. The third-order valence-corrected chi connectivity index (χ3v) is 5.54. The van der Waals surface area contributed by atoms with Crippen molar-refractivity contribution >= 4 is 41.5 Å². The third-order valence-electron chi connectivity index (χ3n) is 5.11. The van der Waals surface area contributed by atoms with Crippen LogP contribution in [0.4, 0.5) is 10.2 Å². The highest BCUT2D eigenvalue weighted by Crippen LogP contribution is 2.32. The predicted octanol–water partition coefficient (Wildman–Crippen LogP) is 3.85. The maximum Gasteiger partial charge on any atom is 0.212 e. The van der Waals surface area contributed by atoms with E-state index in [0.717, 1.165) is 40.9 Å². The first kappa shape index (κ1) is 19.7. The normalized spacial score (nSPS) is 14.6. The van der Waals surface area contributed by atoms with Crippen molar-refractivity contribution in [3.63, 3.8) is 0 Å². The van der Waals surface area contributed by atoms with Crippen molar-refractivity contribution in [1.82, 2.24) is 25.1 Å². The fourth-order valence-electron chi connectivity index (χ4n) is 3.52. The number of anilines is 1. The number of fused-ring (bicyclic) bond motifs is 1. The van der Waals surface area contributed by atoms with Crippen LogP contribution in [0.1, 0.15) is 11.3 Å². The molecule has 1 fully saturated rings. The van der Waals surface area contributed by atoms with Crippen molar-refractivity contribution in [2.24, 2.45) is 0 Å². The maximum absolute atomic E-state index is 13.1. The number of hydrogen-bond acceptors (Lipinski definition) is 7. The van der Waals surface area contributed by atoms with Gasteiger partial charge in [0, 0.05) is 30.2 Å². The lowest BCUT2D eigenvalue weighted by molar-refractivity contribution is 0.122. The lowest BCUT2D eigenvalue weighted by atomic mass is 10.1. The summed E-state index contributed by atoms with van der Waals surface area (Å²) in [5.41, 5.74) is 3.23. The molecule has 1 aromatic carbocycles. The molecule has 7 nitrogen and oxygen atoms in total. The number of aromatic amines is 1. The molecular formula is C22H19FN6OS. The lowest BCUT2D eigenvalue weighted by Crippen LogP contribution is -2.37. The number of pyridine rings is 1. The number of morpholine rings is 1. The highest BCUT2D eigenvalue weighted by Gasteiger charge is 2.20. The molecule has 0 atom stereocenters. The predicted molar refractivity (Wildman–Crippen MR) is 121 cm³/mol. The minimum Gasteiger partial charge on any atom is -0.378 e. The van der Waals surface area contributed by atoms with E-state index in [2.05, 4.69) is 20.1 Å². The van der Waals surface area contributed by atoms with Gasteiger partial charge in [-0.05, 0) is 29.8 Å². The number of benzene rings is 1. The second kappa shape index (κ2) is 8.44. The SMILES string of the molecule is Fc1ccc(/C=C/c2nc(-c3cccc4[nH]ncc34)nc(N3CCOCC3)c2S)cn1. The van der Waals surface area contributed by atoms with E-state index >= 15 is 0 Å². The molecule has 0 unspecified atom stereocenters. The molecule has 1 aliphatic heterocycles. The van der Waals surface area contributed by atoms with Crippen molar-refractivity contribution in [3.8, 4) is 11.4 Å². The molecule has 0 bridgehead atoms. The first-order chi connectivity index (χ1) is 15.2. The fraction of sp³-hybridized carbons (Fsp3) is 0.182. The third kappa shape index (κ3) is 4.01. The van der Waals surface area contributed by atoms with E-state index in [0.29, 0.717) is 29.6 Å². The summed E-state index contributed by atoms with van der Waals surface area (Å²) in [4.78, 5) is 16.2. The topological polar surface area (TPSA) is 79.8 Å². The molecule has 4 aromatic rings. The monoisotopic (exact) mass is 434 g/mol. The maximum atomic E-state index is 13.1. The quantitative estimate of drug-likeness (QED) is 0.375. The summed E-state index contributed by atoms with van der Waals surface area (Å²) in [5, 5.41) is 8.08. The number of ether oxygens (including phenoxy) is 1. The summed E-state index contributed by atoms with van der Waals surface area (Å²) in [7, 11) is 0. The summed E-state index contributed by atoms with van der Waals surface area (Å²) >= 11 is 4.75. The second-order valence-electron chi connectivity index (χ2n) is 7.09. The van der Waals surface area contributed by atoms with Crippen molar-refractivity contribution in [3.05, 3.63) is 59.9 Å². The van der Waals surface area contributed by atoms with Crippen LogP contribution in [-0.2, 0) is 4.74 Å². The van der Waals surface area contributed by atoms with Crippen molar-refractivity contribution in [2.45, 2.75) is 4.90 Å². The number of nitrogens with zero attached hydrogens (tertiary/aromatic N) is 5. The Kier molecular flexibility index (Phi) is 5.35. The van der Waals surface area contributed by atoms with E-state index in [9.17, 15) is 4.39 Å². The zero-order valence-corrected chi connectivity index (χ0v) is 17.4. The van der Waals surface area contributed by atoms with Gasteiger partial charge >= 0.3 is 0 Å². The van der Waals surface area contributed by atoms with Gasteiger partial charge < -0.3 is 9.64 Å². The molecule has 31 heavy (non-hydrogen) atoms. The molecule has 0 amide bonds. The van der Waals surface area contributed by atoms with Crippen molar-refractivity contribution in [1.29, 1.82) is 0 Å². The van der Waals surface area contributed by atoms with Crippen molar-refractivity contribution in [2.75, 3.05) is 31.2 Å². The van der Waals surface area contributed by atoms with Crippen LogP contribution in [0.3, 0.4) is 0 Å². The van der Waals surface area contributed by atoms with Gasteiger partial charge in [-0.1, -0.05) is 18.2 Å². The Morgan fingerprint density at radius 1 is 1.06 bits per heavy atom. The molecule has 0 radical (unpaired) electrons. The minimum atomic E-state index is -0.515. The zero-order valence-electron chi connectivity index (χ0n) is 16.5. The van der Waals surface area contributed by atoms with Gasteiger partial charge in [0.2, 0.25) is 5.95 Å². The van der Waals surface area contributed by atoms with Crippen LogP contribution >= 0.6 is 12.6 Å². The average molecular weight is 435 g/mol. The van der Waals surface area contributed by atoms with Gasteiger partial charge in [0.25, 0.3) is 0 Å². The number of halogens is 1. The second-order valence-corrected chi connectivity index (χ2v) is 7.54. The Morgan fingerprint density at radius 3 is 2.74 bits per heavy atom. The Bertz CT molecular complexity index is 1250. The molecule has 4 heterocycles. The van der Waals surface area contributed by atoms with Crippen LogP contribution < -0.4 is 4.90 Å². The van der Waals surface area contributed by atoms with Gasteiger partial charge in [-0.25, -0.2) is 15.0 Å². The molecule has 3 aromatic heterocycles. The van der Waals surface area contributed by atoms with E-state index in [1.807, 2.05) is 30.4 Å². The van der Waals surface area contributed by atoms with Crippen LogP contribution in [0.25, 0.3) is 34.4 Å². The smallest absolute Gasteiger partial charge is 0.212 e. The number of aromatic nitrogens is 5. The molecule has 1 aliphatic rings. The number of hydrogen-bond donors (Lipinski definition) is 2. The Hall–Kier alpha value is -3.30. The average Bonchev–Trinajstić information content (AvgIpc) is 3.29. The standard InChI is InChI=1S/C22H19FN6OS/c23-19-7-5-14(12-24-19)4-6-18-20(31)22(29-8-10-30-11-9-29)27-21(26-18)15-2-1-3-17-16(15)13-25-28-17/h1-7,12-13,31H,8-11H2,(H,25,28)/b6-4+. The van der Waals surface area contributed by atoms with Crippen molar-refractivity contribution < 1.29 is 9.13 Å². The Morgan fingerprint density at radius 2 is 1.94 bits per heavy atom. The molecule has 5 rings (SSSR count). The minimum absolute atomic E-state index is 0.515. The summed E-state index contributed by atoms with van der Waals surface area (Å²) in [6.45, 7) is 2.72. The highest BCUT2D eigenvalue weighted by molar-refractivity contribution is 7.80. The van der Waals surface area contributed by atoms with E-state index in [1.54, 1.807) is 12.3 Å². The number of thiol groups is 1. The molecule has 1 N–H and O–H groups in total. The van der Waals surface area contributed by atoms with Crippen LogP contribution in [0.5, 0.6) is 0 Å². The van der Waals surface area contributed by atoms with Gasteiger partial charge in [-0.2, -0.15) is 9.49 Å². The van der Waals surface area contributed by atoms with Crippen LogP contribution in [0, 0.1) is 5.95 Å². The molecule has 0 aliphatic carbocycles. The Balaban J connectivity index is 1.63. The molecule has 9 heteroatoms. The van der Waals surface area contributed by atoms with Crippen LogP contribution in [-0.4, -0.2) is 51.5 Å². The van der Waals surface area contributed by atoms with E-state index in [1.165, 1.54) is 12.3 Å². The first-order valence-corrected chi connectivity index (χ1v) is 10.3. The van der Waals surface area contributed by atoms with Gasteiger partial charge in [-0.3, -0.25) is 5.10 Å². The molecule has 1 saturated heterocycles. The fourth-order valence-corrected chi connectivity index (χ4v) is 3.83. The molecule has 0 saturated carbocycles. The molecular weight excluding hydrogens is 415 g/mol.